The molecule has 0 bridgehead atoms. The Balaban J connectivity index is 3.06. The van der Waals surface area contributed by atoms with Gasteiger partial charge in [0.25, 0.3) is 0 Å². The highest BCUT2D eigenvalue weighted by Gasteiger charge is 2.18. The van der Waals surface area contributed by atoms with Gasteiger partial charge in [0.1, 0.15) is 0 Å². The first-order chi connectivity index (χ1) is 8.31. The maximum atomic E-state index is 9.23. The van der Waals surface area contributed by atoms with Crippen LogP contribution in [-0.4, -0.2) is 36.5 Å². The van der Waals surface area contributed by atoms with Crippen LogP contribution in [0.3, 0.4) is 0 Å². The molecule has 3 heteroatoms. The zero-order valence-corrected chi connectivity index (χ0v) is 12.1. The molecular weight excluding hydrogens is 226 g/mol. The number of likely N-dealkylation sites (N-methyl/N-ethyl adjacent to an activating group) is 1. The molecule has 0 aliphatic rings. The van der Waals surface area contributed by atoms with Gasteiger partial charge < -0.3 is 15.1 Å². The van der Waals surface area contributed by atoms with Gasteiger partial charge in [0, 0.05) is 12.7 Å². The molecule has 0 saturated carbocycles. The van der Waals surface area contributed by atoms with E-state index < -0.39 is 0 Å². The van der Waals surface area contributed by atoms with Crippen molar-refractivity contribution >= 4 is 5.69 Å². The van der Waals surface area contributed by atoms with Crippen LogP contribution >= 0.6 is 0 Å². The summed E-state index contributed by atoms with van der Waals surface area (Å²) in [5, 5.41) is 18.5. The second-order valence-electron chi connectivity index (χ2n) is 5.88. The summed E-state index contributed by atoms with van der Waals surface area (Å²) >= 11 is 0. The van der Waals surface area contributed by atoms with Crippen molar-refractivity contribution in [3.05, 3.63) is 29.3 Å². The molecule has 0 atom stereocenters. The largest absolute Gasteiger partial charge is 0.394 e. The average molecular weight is 251 g/mol. The predicted octanol–water partition coefficient (Wildman–Crippen LogP) is 2.08. The number of rotatable bonds is 4. The van der Waals surface area contributed by atoms with Gasteiger partial charge in [0.15, 0.2) is 0 Å². The minimum Gasteiger partial charge on any atom is -0.394 e. The highest BCUT2D eigenvalue weighted by atomic mass is 16.3. The fraction of sp³-hybridized carbons (Fsp3) is 0.600. The van der Waals surface area contributed by atoms with E-state index in [1.54, 1.807) is 0 Å². The van der Waals surface area contributed by atoms with Crippen LogP contribution in [0.4, 0.5) is 5.69 Å². The Labute approximate surface area is 110 Å². The van der Waals surface area contributed by atoms with Crippen molar-refractivity contribution in [3.63, 3.8) is 0 Å². The van der Waals surface area contributed by atoms with Crippen LogP contribution in [0.25, 0.3) is 0 Å². The third-order valence-corrected chi connectivity index (χ3v) is 3.41. The maximum Gasteiger partial charge on any atom is 0.0748 e. The van der Waals surface area contributed by atoms with E-state index in [9.17, 15) is 10.2 Å². The van der Waals surface area contributed by atoms with Crippen LogP contribution in [0, 0.1) is 6.92 Å². The van der Waals surface area contributed by atoms with Crippen molar-refractivity contribution in [1.29, 1.82) is 0 Å². The molecule has 0 spiro atoms. The van der Waals surface area contributed by atoms with Crippen molar-refractivity contribution in [1.82, 2.24) is 0 Å². The molecule has 0 unspecified atom stereocenters. The first kappa shape index (κ1) is 15.0. The van der Waals surface area contributed by atoms with E-state index in [1.807, 2.05) is 11.9 Å². The quantitative estimate of drug-likeness (QED) is 0.861. The molecule has 0 radical (unpaired) electrons. The Bertz CT molecular complexity index is 392. The minimum absolute atomic E-state index is 0.0482. The Morgan fingerprint density at radius 2 is 1.72 bits per heavy atom. The van der Waals surface area contributed by atoms with Crippen LogP contribution in [0.15, 0.2) is 18.2 Å². The van der Waals surface area contributed by atoms with Gasteiger partial charge in [-0.05, 0) is 29.5 Å². The highest BCUT2D eigenvalue weighted by Crippen LogP contribution is 2.28. The SMILES string of the molecule is Cc1cc(C(C)(C)C)ccc1N(C)C(CO)CO. The Morgan fingerprint density at radius 3 is 2.11 bits per heavy atom. The second-order valence-corrected chi connectivity index (χ2v) is 5.88. The Kier molecular flexibility index (Phi) is 4.77. The number of hydrogen-bond acceptors (Lipinski definition) is 3. The lowest BCUT2D eigenvalue weighted by Gasteiger charge is -2.29. The van der Waals surface area contributed by atoms with Gasteiger partial charge in [-0.15, -0.1) is 0 Å². The predicted molar refractivity (Wildman–Crippen MR) is 76.2 cm³/mol. The molecule has 0 saturated heterocycles. The van der Waals surface area contributed by atoms with Crippen molar-refractivity contribution in [2.45, 2.75) is 39.2 Å². The summed E-state index contributed by atoms with van der Waals surface area (Å²) < 4.78 is 0. The summed E-state index contributed by atoms with van der Waals surface area (Å²) in [6.07, 6.45) is 0. The summed E-state index contributed by atoms with van der Waals surface area (Å²) in [6, 6.07) is 6.11. The topological polar surface area (TPSA) is 43.7 Å². The van der Waals surface area contributed by atoms with Crippen LogP contribution in [-0.2, 0) is 5.41 Å². The molecule has 1 aromatic carbocycles. The van der Waals surface area contributed by atoms with Crippen LogP contribution in [0.2, 0.25) is 0 Å². The van der Waals surface area contributed by atoms with Gasteiger partial charge in [-0.1, -0.05) is 32.9 Å². The summed E-state index contributed by atoms with van der Waals surface area (Å²) in [5.74, 6) is 0. The maximum absolute atomic E-state index is 9.23. The van der Waals surface area contributed by atoms with E-state index in [4.69, 9.17) is 0 Å². The van der Waals surface area contributed by atoms with Crippen LogP contribution in [0.5, 0.6) is 0 Å². The number of anilines is 1. The molecule has 0 amide bonds. The molecule has 0 aliphatic heterocycles. The number of aliphatic hydroxyl groups is 2. The van der Waals surface area contributed by atoms with E-state index >= 15 is 0 Å². The van der Waals surface area contributed by atoms with Crippen molar-refractivity contribution in [2.75, 3.05) is 25.2 Å². The zero-order valence-electron chi connectivity index (χ0n) is 12.1. The minimum atomic E-state index is -0.246. The van der Waals surface area contributed by atoms with Gasteiger partial charge in [-0.3, -0.25) is 0 Å². The molecule has 102 valence electrons. The smallest absolute Gasteiger partial charge is 0.0748 e. The normalized spacial score (nSPS) is 12.0. The van der Waals surface area contributed by atoms with Crippen LogP contribution < -0.4 is 4.90 Å². The number of benzene rings is 1. The number of nitrogens with zero attached hydrogens (tertiary/aromatic N) is 1. The van der Waals surface area contributed by atoms with Gasteiger partial charge in [0.05, 0.1) is 19.3 Å². The fourth-order valence-electron chi connectivity index (χ4n) is 2.02. The lowest BCUT2D eigenvalue weighted by atomic mass is 9.86. The van der Waals surface area contributed by atoms with E-state index in [-0.39, 0.29) is 24.7 Å². The molecule has 1 aromatic rings. The zero-order chi connectivity index (χ0) is 13.9. The number of aryl methyl sites for hydroxylation is 1. The molecule has 1 rings (SSSR count). The van der Waals surface area contributed by atoms with Crippen molar-refractivity contribution in [2.24, 2.45) is 0 Å². The van der Waals surface area contributed by atoms with Crippen molar-refractivity contribution < 1.29 is 10.2 Å². The first-order valence-electron chi connectivity index (χ1n) is 6.37. The molecule has 0 fully saturated rings. The van der Waals surface area contributed by atoms with Gasteiger partial charge in [-0.25, -0.2) is 0 Å². The molecule has 0 heterocycles. The Morgan fingerprint density at radius 1 is 1.17 bits per heavy atom. The molecule has 3 nitrogen and oxygen atoms in total. The van der Waals surface area contributed by atoms with Gasteiger partial charge in [0.2, 0.25) is 0 Å². The third kappa shape index (κ3) is 3.24. The number of hydrogen-bond donors (Lipinski definition) is 2. The molecule has 2 N–H and O–H groups in total. The lowest BCUT2D eigenvalue weighted by Crippen LogP contribution is -2.38. The summed E-state index contributed by atoms with van der Waals surface area (Å²) in [5.41, 5.74) is 3.64. The van der Waals surface area contributed by atoms with E-state index in [0.29, 0.717) is 0 Å². The van der Waals surface area contributed by atoms with E-state index in [2.05, 4.69) is 45.9 Å². The van der Waals surface area contributed by atoms with E-state index in [0.717, 1.165) is 11.3 Å². The molecule has 0 aromatic heterocycles. The Hall–Kier alpha value is -1.06. The molecular formula is C15H25NO2. The lowest BCUT2D eigenvalue weighted by molar-refractivity contribution is 0.190. The monoisotopic (exact) mass is 251 g/mol. The molecule has 0 aliphatic carbocycles. The van der Waals surface area contributed by atoms with Gasteiger partial charge in [-0.2, -0.15) is 0 Å². The second kappa shape index (κ2) is 5.72. The summed E-state index contributed by atoms with van der Waals surface area (Å²) in [6.45, 7) is 8.54. The number of aliphatic hydroxyl groups excluding tert-OH is 2. The van der Waals surface area contributed by atoms with Crippen LogP contribution in [0.1, 0.15) is 31.9 Å². The standard InChI is InChI=1S/C15H25NO2/c1-11-8-12(15(2,3)4)6-7-14(11)16(5)13(9-17)10-18/h6-8,13,17-18H,9-10H2,1-5H3. The summed E-state index contributed by atoms with van der Waals surface area (Å²) in [7, 11) is 1.90. The highest BCUT2D eigenvalue weighted by molar-refractivity contribution is 5.55. The fourth-order valence-corrected chi connectivity index (χ4v) is 2.02. The van der Waals surface area contributed by atoms with E-state index in [1.165, 1.54) is 5.56 Å². The average Bonchev–Trinajstić information content (AvgIpc) is 2.29. The van der Waals surface area contributed by atoms with Gasteiger partial charge >= 0.3 is 0 Å². The molecule has 18 heavy (non-hydrogen) atoms. The van der Waals surface area contributed by atoms with Crippen molar-refractivity contribution in [3.8, 4) is 0 Å². The summed E-state index contributed by atoms with van der Waals surface area (Å²) in [4.78, 5) is 1.93. The first-order valence-corrected chi connectivity index (χ1v) is 6.37. The third-order valence-electron chi connectivity index (χ3n) is 3.41.